The maximum atomic E-state index is 15.3. The third-order valence-corrected chi connectivity index (χ3v) is 13.8. The molecule has 6 atom stereocenters. The number of sulfonamides is 1. The molecule has 3 aliphatic heterocycles. The van der Waals surface area contributed by atoms with Crippen LogP contribution in [0.5, 0.6) is 0 Å². The third-order valence-electron chi connectivity index (χ3n) is 10.7. The van der Waals surface area contributed by atoms with Gasteiger partial charge in [-0.1, -0.05) is 30.7 Å². The highest BCUT2D eigenvalue weighted by Crippen LogP contribution is 2.51. The lowest BCUT2D eigenvalue weighted by atomic mass is 9.64. The van der Waals surface area contributed by atoms with Crippen LogP contribution in [0.3, 0.4) is 0 Å². The van der Waals surface area contributed by atoms with E-state index in [9.17, 15) is 13.2 Å². The molecule has 10 heteroatoms. The fraction of sp³-hybridized carbons (Fsp3) is 0.545. The van der Waals surface area contributed by atoms with Crippen LogP contribution in [0.4, 0.5) is 10.1 Å². The van der Waals surface area contributed by atoms with Gasteiger partial charge in [-0.05, 0) is 103 Å². The van der Waals surface area contributed by atoms with Gasteiger partial charge in [0.25, 0.3) is 5.91 Å². The Morgan fingerprint density at radius 3 is 2.77 bits per heavy atom. The van der Waals surface area contributed by atoms with Crippen LogP contribution in [-0.4, -0.2) is 52.1 Å². The van der Waals surface area contributed by atoms with Crippen LogP contribution in [-0.2, 0) is 26.6 Å². The Bertz CT molecular complexity index is 1610. The molecule has 6 aliphatic rings. The van der Waals surface area contributed by atoms with Crippen molar-refractivity contribution in [1.82, 2.24) is 4.72 Å². The van der Waals surface area contributed by atoms with Crippen LogP contribution in [0.2, 0.25) is 5.02 Å². The third kappa shape index (κ3) is 5.22. The van der Waals surface area contributed by atoms with E-state index < -0.39 is 15.9 Å². The summed E-state index contributed by atoms with van der Waals surface area (Å²) >= 11 is 7.97. The van der Waals surface area contributed by atoms with E-state index in [0.29, 0.717) is 30.4 Å². The molecule has 0 unspecified atom stereocenters. The molecule has 0 radical (unpaired) electrons. The summed E-state index contributed by atoms with van der Waals surface area (Å²) in [6.07, 6.45) is 7.73. The molecule has 4 bridgehead atoms. The number of nitrogens with zero attached hydrogens (tertiary/aromatic N) is 1. The molecule has 2 aromatic carbocycles. The van der Waals surface area contributed by atoms with Crippen LogP contribution in [0, 0.1) is 29.5 Å². The highest BCUT2D eigenvalue weighted by Gasteiger charge is 2.46. The van der Waals surface area contributed by atoms with Crippen molar-refractivity contribution in [2.24, 2.45) is 23.7 Å². The minimum atomic E-state index is -3.82. The molecule has 3 heterocycles. The summed E-state index contributed by atoms with van der Waals surface area (Å²) in [5.74, 6) is 0.604. The zero-order valence-electron chi connectivity index (χ0n) is 24.6. The lowest BCUT2D eigenvalue weighted by Gasteiger charge is -2.48. The van der Waals surface area contributed by atoms with Crippen molar-refractivity contribution in [3.63, 3.8) is 0 Å². The first-order valence-corrected chi connectivity index (χ1v) is 18.4. The maximum absolute atomic E-state index is 15.3. The number of hydrogen-bond donors (Lipinski definition) is 1. The van der Waals surface area contributed by atoms with Crippen molar-refractivity contribution in [1.29, 1.82) is 0 Å². The predicted octanol–water partition coefficient (Wildman–Crippen LogP) is 6.36. The van der Waals surface area contributed by atoms with Crippen LogP contribution < -0.4 is 9.62 Å². The van der Waals surface area contributed by atoms with Gasteiger partial charge in [-0.25, -0.2) is 17.5 Å². The lowest BCUT2D eigenvalue weighted by Crippen LogP contribution is -2.50. The second-order valence-electron chi connectivity index (χ2n) is 13.3. The molecule has 1 spiro atoms. The number of amides is 1. The number of ether oxygens (including phenoxy) is 1. The number of thioether (sulfide) groups is 1. The number of anilines is 1. The normalized spacial score (nSPS) is 33.2. The summed E-state index contributed by atoms with van der Waals surface area (Å²) in [5, 5.41) is 0.167. The maximum Gasteiger partial charge on any atom is 0.264 e. The van der Waals surface area contributed by atoms with E-state index in [2.05, 4.69) is 15.7 Å². The van der Waals surface area contributed by atoms with Crippen molar-refractivity contribution >= 4 is 45.0 Å². The zero-order chi connectivity index (χ0) is 30.1. The van der Waals surface area contributed by atoms with Crippen molar-refractivity contribution in [3.8, 4) is 0 Å². The topological polar surface area (TPSA) is 75.7 Å². The molecular weight excluding hydrogens is 607 g/mol. The van der Waals surface area contributed by atoms with E-state index in [1.54, 1.807) is 31.0 Å². The molecule has 1 N–H and O–H groups in total. The van der Waals surface area contributed by atoms with Gasteiger partial charge in [0.15, 0.2) is 0 Å². The van der Waals surface area contributed by atoms with Crippen LogP contribution in [0.1, 0.15) is 60.5 Å². The lowest BCUT2D eigenvalue weighted by molar-refractivity contribution is -0.000263. The number of fused-ring (bicyclic) bond motifs is 6. The van der Waals surface area contributed by atoms with Crippen molar-refractivity contribution < 1.29 is 22.3 Å². The molecule has 0 saturated heterocycles. The summed E-state index contributed by atoms with van der Waals surface area (Å²) in [6.45, 7) is 3.42. The van der Waals surface area contributed by atoms with Gasteiger partial charge in [-0.15, -0.1) is 11.8 Å². The van der Waals surface area contributed by atoms with Gasteiger partial charge in [0, 0.05) is 41.8 Å². The fourth-order valence-corrected chi connectivity index (χ4v) is 11.1. The average molecular weight is 645 g/mol. The van der Waals surface area contributed by atoms with Crippen LogP contribution in [0.15, 0.2) is 46.9 Å². The standard InChI is InChI=1S/C33H38ClFN2O4S2/c1-19-16-43(39,40)36-32(38)20-6-10-29-28(14-20)37(15-21-5-7-24(21)31(41-2)23-12-22(19)13-23)17-33(18-42-29)11-3-4-25-26(33)8-9-27(34)30(25)35/h6,8-10,12,14,19,21-22,24,31H,3-5,7,11,13,15-18H2,1-2H3,(H,36,38)/t19-,21+,22-,24-,31+,33+/m1/s1. The number of methoxy groups -OCH3 is 1. The predicted molar refractivity (Wildman–Crippen MR) is 169 cm³/mol. The summed E-state index contributed by atoms with van der Waals surface area (Å²) < 4.78 is 49.9. The van der Waals surface area contributed by atoms with Gasteiger partial charge in [0.1, 0.15) is 5.82 Å². The number of benzene rings is 2. The molecule has 230 valence electrons. The highest BCUT2D eigenvalue weighted by molar-refractivity contribution is 7.99. The molecule has 8 rings (SSSR count). The van der Waals surface area contributed by atoms with Crippen LogP contribution in [0.25, 0.3) is 0 Å². The number of carbonyl (C=O) groups is 1. The van der Waals surface area contributed by atoms with Crippen molar-refractivity contribution in [2.75, 3.05) is 36.6 Å². The minimum absolute atomic E-state index is 0.0270. The number of halogens is 2. The van der Waals surface area contributed by atoms with Gasteiger partial charge in [0.2, 0.25) is 10.0 Å². The van der Waals surface area contributed by atoms with Crippen molar-refractivity contribution in [3.05, 3.63) is 69.5 Å². The average Bonchev–Trinajstić information content (AvgIpc) is 3.07. The van der Waals surface area contributed by atoms with Gasteiger partial charge < -0.3 is 9.64 Å². The molecular formula is C33H38ClFN2O4S2. The quantitative estimate of drug-likeness (QED) is 0.364. The summed E-state index contributed by atoms with van der Waals surface area (Å²) in [4.78, 5) is 16.8. The van der Waals surface area contributed by atoms with Crippen molar-refractivity contribution in [2.45, 2.75) is 61.9 Å². The Hall–Kier alpha value is -2.07. The molecule has 1 amide bonds. The molecule has 2 aromatic rings. The second-order valence-corrected chi connectivity index (χ2v) is 16.5. The monoisotopic (exact) mass is 644 g/mol. The molecule has 0 aromatic heterocycles. The summed E-state index contributed by atoms with van der Waals surface area (Å²) in [5.41, 5.74) is 4.02. The number of allylic oxidation sites excluding steroid dienone is 1. The fourth-order valence-electron chi connectivity index (χ4n) is 8.19. The number of rotatable bonds is 1. The van der Waals surface area contributed by atoms with Gasteiger partial charge >= 0.3 is 0 Å². The number of carbonyl (C=O) groups excluding carboxylic acids is 1. The van der Waals surface area contributed by atoms with E-state index in [-0.39, 0.29) is 39.9 Å². The first-order chi connectivity index (χ1) is 20.6. The Morgan fingerprint density at radius 1 is 1.21 bits per heavy atom. The van der Waals surface area contributed by atoms with Gasteiger partial charge in [-0.2, -0.15) is 0 Å². The molecule has 1 saturated carbocycles. The highest BCUT2D eigenvalue weighted by atomic mass is 35.5. The minimum Gasteiger partial charge on any atom is -0.377 e. The van der Waals surface area contributed by atoms with E-state index in [1.165, 1.54) is 5.57 Å². The Morgan fingerprint density at radius 2 is 2.02 bits per heavy atom. The Kier molecular flexibility index (Phi) is 7.63. The van der Waals surface area contributed by atoms with Crippen LogP contribution >= 0.6 is 23.4 Å². The number of nitrogens with one attached hydrogen (secondary N) is 1. The first kappa shape index (κ1) is 29.6. The largest absolute Gasteiger partial charge is 0.377 e. The molecule has 6 nitrogen and oxygen atoms in total. The zero-order valence-corrected chi connectivity index (χ0v) is 27.0. The Balaban J connectivity index is 1.31. The van der Waals surface area contributed by atoms with E-state index in [1.807, 2.05) is 25.1 Å². The summed E-state index contributed by atoms with van der Waals surface area (Å²) in [7, 11) is -2.04. The van der Waals surface area contributed by atoms with Gasteiger partial charge in [-0.3, -0.25) is 4.79 Å². The van der Waals surface area contributed by atoms with E-state index in [4.69, 9.17) is 16.3 Å². The van der Waals surface area contributed by atoms with Gasteiger partial charge in [0.05, 0.1) is 22.6 Å². The summed E-state index contributed by atoms with van der Waals surface area (Å²) in [6, 6.07) is 9.23. The molecule has 3 aliphatic carbocycles. The Labute approximate surface area is 262 Å². The SMILES string of the molecule is CO[C@H]1C2=C[C@H](C2)[C@H](C)CS(=O)(=O)NC(=O)c2ccc3c(c2)N(C[C@@H]2CC[C@H]21)C[C@@]1(CCCc2c1ccc(Cl)c2F)CS3. The second kappa shape index (κ2) is 11.1. The van der Waals surface area contributed by atoms with E-state index in [0.717, 1.165) is 66.1 Å². The first-order valence-electron chi connectivity index (χ1n) is 15.3. The van der Waals surface area contributed by atoms with E-state index >= 15 is 4.39 Å². The molecule has 43 heavy (non-hydrogen) atoms. The number of hydrogen-bond acceptors (Lipinski definition) is 6. The smallest absolute Gasteiger partial charge is 0.264 e. The molecule has 1 fully saturated rings.